The Balaban J connectivity index is 2.51. The molecule has 0 bridgehead atoms. The molecule has 1 fully saturated rings. The van der Waals surface area contributed by atoms with Crippen LogP contribution in [-0.2, 0) is 0 Å². The highest BCUT2D eigenvalue weighted by molar-refractivity contribution is 4.63. The van der Waals surface area contributed by atoms with E-state index in [0.29, 0.717) is 12.1 Å². The van der Waals surface area contributed by atoms with Crippen molar-refractivity contribution in [1.29, 1.82) is 0 Å². The smallest absolute Gasteiger partial charge is 0.0753 e. The summed E-state index contributed by atoms with van der Waals surface area (Å²) in [7, 11) is 0. The third kappa shape index (κ3) is 1.90. The van der Waals surface area contributed by atoms with Crippen LogP contribution in [0.3, 0.4) is 0 Å². The van der Waals surface area contributed by atoms with Gasteiger partial charge in [0.2, 0.25) is 0 Å². The summed E-state index contributed by atoms with van der Waals surface area (Å²) in [5.74, 6) is 0. The van der Waals surface area contributed by atoms with Crippen molar-refractivity contribution in [3.8, 4) is 0 Å². The molecule has 11 heavy (non-hydrogen) atoms. The van der Waals surface area contributed by atoms with Crippen molar-refractivity contribution in [2.24, 2.45) is 0 Å². The first-order valence-corrected chi connectivity index (χ1v) is 4.18. The Morgan fingerprint density at radius 1 is 0.909 bits per heavy atom. The minimum atomic E-state index is 0.493. The lowest BCUT2D eigenvalue weighted by atomic mass is 10.4. The number of nitrogens with one attached hydrogen (secondary N) is 2. The topological polar surface area (TPSA) is 30.5 Å². The van der Waals surface area contributed by atoms with Crippen LogP contribution >= 0.6 is 0 Å². The first kappa shape index (κ1) is 8.93. The van der Waals surface area contributed by atoms with Gasteiger partial charge in [0.1, 0.15) is 0 Å². The lowest BCUT2D eigenvalue weighted by molar-refractivity contribution is -0.0894. The zero-order valence-electron chi connectivity index (χ0n) is 7.76. The molecule has 0 amide bonds. The van der Waals surface area contributed by atoms with Gasteiger partial charge in [-0.3, -0.25) is 0 Å². The van der Waals surface area contributed by atoms with Crippen LogP contribution in [-0.4, -0.2) is 29.0 Å². The highest BCUT2D eigenvalue weighted by Gasteiger charge is 2.25. The van der Waals surface area contributed by atoms with Crippen LogP contribution < -0.4 is 10.9 Å². The molecule has 1 heterocycles. The summed E-state index contributed by atoms with van der Waals surface area (Å²) >= 11 is 0. The van der Waals surface area contributed by atoms with Crippen LogP contribution in [0.4, 0.5) is 0 Å². The maximum atomic E-state index is 3.24. The number of hydrazine groups is 3. The van der Waals surface area contributed by atoms with Crippen LogP contribution in [0.1, 0.15) is 27.7 Å². The van der Waals surface area contributed by atoms with Gasteiger partial charge in [-0.1, -0.05) is 0 Å². The molecule has 4 nitrogen and oxygen atoms in total. The highest BCUT2D eigenvalue weighted by Crippen LogP contribution is 2.05. The van der Waals surface area contributed by atoms with Gasteiger partial charge in [0, 0.05) is 12.1 Å². The molecule has 0 spiro atoms. The van der Waals surface area contributed by atoms with Gasteiger partial charge in [-0.15, -0.1) is 0 Å². The molecular weight excluding hydrogens is 140 g/mol. The van der Waals surface area contributed by atoms with E-state index in [0.717, 1.165) is 6.67 Å². The maximum absolute atomic E-state index is 3.24. The molecule has 0 aromatic rings. The molecule has 0 atom stereocenters. The van der Waals surface area contributed by atoms with E-state index in [1.165, 1.54) is 0 Å². The number of hydrogen-bond donors (Lipinski definition) is 2. The van der Waals surface area contributed by atoms with Gasteiger partial charge >= 0.3 is 0 Å². The standard InChI is InChI=1S/C7H18N4/c1-6(2)10-8-5-9-11(10)7(3)4/h6-9H,5H2,1-4H3. The largest absolute Gasteiger partial charge is 0.225 e. The quantitative estimate of drug-likeness (QED) is 0.605. The number of nitrogens with zero attached hydrogens (tertiary/aromatic N) is 2. The van der Waals surface area contributed by atoms with Crippen molar-refractivity contribution in [3.63, 3.8) is 0 Å². The first-order valence-electron chi connectivity index (χ1n) is 4.18. The van der Waals surface area contributed by atoms with E-state index in [-0.39, 0.29) is 0 Å². The van der Waals surface area contributed by atoms with E-state index >= 15 is 0 Å². The Labute approximate surface area is 68.5 Å². The monoisotopic (exact) mass is 158 g/mol. The van der Waals surface area contributed by atoms with E-state index < -0.39 is 0 Å². The Morgan fingerprint density at radius 2 is 1.27 bits per heavy atom. The maximum Gasteiger partial charge on any atom is 0.0753 e. The SMILES string of the molecule is CC(C)N1NCNN1C(C)C. The summed E-state index contributed by atoms with van der Waals surface area (Å²) < 4.78 is 0. The second-order valence-corrected chi connectivity index (χ2v) is 3.37. The minimum absolute atomic E-state index is 0.493. The summed E-state index contributed by atoms with van der Waals surface area (Å²) in [6.45, 7) is 9.48. The van der Waals surface area contributed by atoms with Gasteiger partial charge < -0.3 is 0 Å². The van der Waals surface area contributed by atoms with Gasteiger partial charge in [-0.05, 0) is 27.7 Å². The highest BCUT2D eigenvalue weighted by atomic mass is 16.0. The summed E-state index contributed by atoms with van der Waals surface area (Å²) in [6.07, 6.45) is 0. The second-order valence-electron chi connectivity index (χ2n) is 3.37. The fraction of sp³-hybridized carbons (Fsp3) is 1.00. The third-order valence-electron chi connectivity index (χ3n) is 1.69. The zero-order valence-corrected chi connectivity index (χ0v) is 7.76. The van der Waals surface area contributed by atoms with Crippen molar-refractivity contribution < 1.29 is 0 Å². The van der Waals surface area contributed by atoms with Gasteiger partial charge in [-0.25, -0.2) is 10.9 Å². The average molecular weight is 158 g/mol. The fourth-order valence-electron chi connectivity index (χ4n) is 1.21. The predicted molar refractivity (Wildman–Crippen MR) is 45.1 cm³/mol. The molecule has 0 unspecified atom stereocenters. The zero-order chi connectivity index (χ0) is 8.43. The van der Waals surface area contributed by atoms with Crippen molar-refractivity contribution in [3.05, 3.63) is 0 Å². The Morgan fingerprint density at radius 3 is 1.55 bits per heavy atom. The molecule has 1 aliphatic rings. The van der Waals surface area contributed by atoms with Crippen LogP contribution in [0.25, 0.3) is 0 Å². The van der Waals surface area contributed by atoms with Gasteiger partial charge in [0.05, 0.1) is 6.67 Å². The Hall–Kier alpha value is -0.160. The molecule has 4 heteroatoms. The van der Waals surface area contributed by atoms with Crippen LogP contribution in [0.15, 0.2) is 0 Å². The molecule has 0 aliphatic carbocycles. The Bertz CT molecular complexity index is 110. The molecule has 1 saturated heterocycles. The van der Waals surface area contributed by atoms with Crippen molar-refractivity contribution in [1.82, 2.24) is 21.1 Å². The Kier molecular flexibility index (Phi) is 2.84. The van der Waals surface area contributed by atoms with Crippen LogP contribution in [0.5, 0.6) is 0 Å². The molecule has 1 aliphatic heterocycles. The summed E-state index contributed by atoms with van der Waals surface area (Å²) in [5, 5.41) is 4.23. The molecule has 0 radical (unpaired) electrons. The van der Waals surface area contributed by atoms with E-state index in [2.05, 4.69) is 48.8 Å². The van der Waals surface area contributed by atoms with Gasteiger partial charge in [-0.2, -0.15) is 10.2 Å². The molecule has 1 rings (SSSR count). The van der Waals surface area contributed by atoms with Gasteiger partial charge in [0.15, 0.2) is 0 Å². The lowest BCUT2D eigenvalue weighted by Crippen LogP contribution is -2.51. The van der Waals surface area contributed by atoms with Crippen molar-refractivity contribution in [2.75, 3.05) is 6.67 Å². The second kappa shape index (κ2) is 3.49. The van der Waals surface area contributed by atoms with E-state index in [9.17, 15) is 0 Å². The normalized spacial score (nSPS) is 22.4. The third-order valence-corrected chi connectivity index (χ3v) is 1.69. The molecule has 66 valence electrons. The van der Waals surface area contributed by atoms with Crippen molar-refractivity contribution >= 4 is 0 Å². The molecule has 2 N–H and O–H groups in total. The lowest BCUT2D eigenvalue weighted by Gasteiger charge is -2.32. The number of rotatable bonds is 2. The molecular formula is C7H18N4. The summed E-state index contributed by atoms with van der Waals surface area (Å²) in [4.78, 5) is 0. The van der Waals surface area contributed by atoms with E-state index in [1.807, 2.05) is 0 Å². The number of hydrogen-bond acceptors (Lipinski definition) is 4. The average Bonchev–Trinajstić information content (AvgIpc) is 2.32. The van der Waals surface area contributed by atoms with Crippen LogP contribution in [0, 0.1) is 0 Å². The summed E-state index contributed by atoms with van der Waals surface area (Å²) in [5.41, 5.74) is 6.47. The van der Waals surface area contributed by atoms with E-state index in [4.69, 9.17) is 0 Å². The first-order chi connectivity index (χ1) is 5.13. The summed E-state index contributed by atoms with van der Waals surface area (Å²) in [6, 6.07) is 0.986. The van der Waals surface area contributed by atoms with Gasteiger partial charge in [0.25, 0.3) is 0 Å². The van der Waals surface area contributed by atoms with Crippen LogP contribution in [0.2, 0.25) is 0 Å². The molecule has 0 saturated carbocycles. The predicted octanol–water partition coefficient (Wildman–Crippen LogP) is 0.302. The minimum Gasteiger partial charge on any atom is -0.225 e. The molecule has 0 aromatic carbocycles. The van der Waals surface area contributed by atoms with E-state index in [1.54, 1.807) is 0 Å². The van der Waals surface area contributed by atoms with Crippen molar-refractivity contribution in [2.45, 2.75) is 39.8 Å². The molecule has 0 aromatic heterocycles. The fourth-order valence-corrected chi connectivity index (χ4v) is 1.21.